The Labute approximate surface area is 129 Å². The van der Waals surface area contributed by atoms with Crippen LogP contribution in [0, 0.1) is 11.6 Å². The number of hydrogen-bond donors (Lipinski definition) is 0. The molecular formula is C15H8Cl2F2N2. The predicted octanol–water partition coefficient (Wildman–Crippen LogP) is 5.12. The Bertz CT molecular complexity index is 778. The number of benzene rings is 2. The average Bonchev–Trinajstić information content (AvgIpc) is 2.82. The third kappa shape index (κ3) is 2.52. The van der Waals surface area contributed by atoms with Gasteiger partial charge in [-0.2, -0.15) is 0 Å². The van der Waals surface area contributed by atoms with Gasteiger partial charge in [-0.1, -0.05) is 17.7 Å². The SMILES string of the molecule is Fc1cccc(F)c1-c1cnc(Cl)n1-c1ccc(Cl)cc1. The number of imidazole rings is 1. The summed E-state index contributed by atoms with van der Waals surface area (Å²) >= 11 is 11.9. The van der Waals surface area contributed by atoms with E-state index in [1.807, 2.05) is 0 Å². The lowest BCUT2D eigenvalue weighted by atomic mass is 10.1. The first-order valence-corrected chi connectivity index (χ1v) is 6.77. The molecule has 3 rings (SSSR count). The molecule has 21 heavy (non-hydrogen) atoms. The molecule has 0 aliphatic heterocycles. The number of nitrogens with zero attached hydrogens (tertiary/aromatic N) is 2. The van der Waals surface area contributed by atoms with Crippen LogP contribution in [0.2, 0.25) is 10.3 Å². The van der Waals surface area contributed by atoms with Crippen molar-refractivity contribution in [2.45, 2.75) is 0 Å². The molecule has 0 amide bonds. The molecule has 0 saturated carbocycles. The summed E-state index contributed by atoms with van der Waals surface area (Å²) < 4.78 is 29.4. The van der Waals surface area contributed by atoms with Crippen LogP contribution >= 0.6 is 23.2 Å². The predicted molar refractivity (Wildman–Crippen MR) is 78.9 cm³/mol. The summed E-state index contributed by atoms with van der Waals surface area (Å²) in [5, 5.41) is 0.656. The lowest BCUT2D eigenvalue weighted by molar-refractivity contribution is 0.588. The van der Waals surface area contributed by atoms with Gasteiger partial charge in [0.25, 0.3) is 0 Å². The fraction of sp³-hybridized carbons (Fsp3) is 0. The fourth-order valence-electron chi connectivity index (χ4n) is 2.08. The van der Waals surface area contributed by atoms with E-state index in [2.05, 4.69) is 4.98 Å². The minimum atomic E-state index is -0.679. The van der Waals surface area contributed by atoms with Gasteiger partial charge in [-0.25, -0.2) is 13.8 Å². The minimum absolute atomic E-state index is 0.106. The van der Waals surface area contributed by atoms with Gasteiger partial charge < -0.3 is 0 Å². The number of halogens is 4. The zero-order valence-corrected chi connectivity index (χ0v) is 12.0. The Morgan fingerprint density at radius 2 is 1.52 bits per heavy atom. The maximum absolute atomic E-state index is 14.0. The van der Waals surface area contributed by atoms with Crippen LogP contribution in [-0.2, 0) is 0 Å². The summed E-state index contributed by atoms with van der Waals surface area (Å²) in [6.45, 7) is 0. The maximum atomic E-state index is 14.0. The third-order valence-electron chi connectivity index (χ3n) is 3.02. The number of aromatic nitrogens is 2. The molecule has 0 bridgehead atoms. The van der Waals surface area contributed by atoms with Gasteiger partial charge in [0.05, 0.1) is 17.5 Å². The smallest absolute Gasteiger partial charge is 0.207 e. The van der Waals surface area contributed by atoms with Crippen LogP contribution in [0.15, 0.2) is 48.7 Å². The van der Waals surface area contributed by atoms with Crippen LogP contribution in [0.25, 0.3) is 16.9 Å². The summed E-state index contributed by atoms with van der Waals surface area (Å²) in [5.41, 5.74) is 0.671. The van der Waals surface area contributed by atoms with Crippen molar-refractivity contribution >= 4 is 23.2 Å². The molecule has 0 radical (unpaired) electrons. The van der Waals surface area contributed by atoms with Crippen molar-refractivity contribution < 1.29 is 8.78 Å². The van der Waals surface area contributed by atoms with Crippen molar-refractivity contribution in [2.75, 3.05) is 0 Å². The molecule has 0 fully saturated rings. The highest BCUT2D eigenvalue weighted by atomic mass is 35.5. The van der Waals surface area contributed by atoms with E-state index in [1.165, 1.54) is 29.0 Å². The first-order chi connectivity index (χ1) is 10.1. The molecule has 1 aromatic heterocycles. The lowest BCUT2D eigenvalue weighted by Gasteiger charge is -2.11. The third-order valence-corrected chi connectivity index (χ3v) is 3.54. The van der Waals surface area contributed by atoms with Gasteiger partial charge in [-0.3, -0.25) is 4.57 Å². The van der Waals surface area contributed by atoms with Gasteiger partial charge >= 0.3 is 0 Å². The van der Waals surface area contributed by atoms with E-state index in [1.54, 1.807) is 24.3 Å². The molecule has 0 aliphatic carbocycles. The van der Waals surface area contributed by atoms with Gasteiger partial charge in [0.2, 0.25) is 5.28 Å². The van der Waals surface area contributed by atoms with Gasteiger partial charge in [-0.15, -0.1) is 0 Å². The van der Waals surface area contributed by atoms with E-state index in [9.17, 15) is 8.78 Å². The highest BCUT2D eigenvalue weighted by molar-refractivity contribution is 6.30. The van der Waals surface area contributed by atoms with Crippen LogP contribution in [0.3, 0.4) is 0 Å². The molecule has 106 valence electrons. The van der Waals surface area contributed by atoms with Crippen molar-refractivity contribution in [1.82, 2.24) is 9.55 Å². The zero-order chi connectivity index (χ0) is 15.0. The molecule has 0 atom stereocenters. The average molecular weight is 325 g/mol. The maximum Gasteiger partial charge on any atom is 0.207 e. The van der Waals surface area contributed by atoms with E-state index < -0.39 is 11.6 Å². The standard InChI is InChI=1S/C15H8Cl2F2N2/c16-9-4-6-10(7-5-9)21-13(8-20-15(21)17)14-11(18)2-1-3-12(14)19/h1-8H. The Balaban J connectivity index is 2.24. The highest BCUT2D eigenvalue weighted by Crippen LogP contribution is 2.31. The molecule has 3 aromatic rings. The summed E-state index contributed by atoms with van der Waals surface area (Å²) in [7, 11) is 0. The molecule has 6 heteroatoms. The summed E-state index contributed by atoms with van der Waals surface area (Å²) in [6.07, 6.45) is 1.33. The number of hydrogen-bond acceptors (Lipinski definition) is 1. The normalized spacial score (nSPS) is 10.9. The van der Waals surface area contributed by atoms with Gasteiger partial charge in [-0.05, 0) is 48.0 Å². The van der Waals surface area contributed by atoms with Crippen LogP contribution in [0.1, 0.15) is 0 Å². The van der Waals surface area contributed by atoms with Crippen molar-refractivity contribution in [2.24, 2.45) is 0 Å². The van der Waals surface area contributed by atoms with Gasteiger partial charge in [0, 0.05) is 10.7 Å². The van der Waals surface area contributed by atoms with Crippen LogP contribution in [0.5, 0.6) is 0 Å². The van der Waals surface area contributed by atoms with E-state index in [0.29, 0.717) is 10.7 Å². The second kappa shape index (κ2) is 5.47. The topological polar surface area (TPSA) is 17.8 Å². The Hall–Kier alpha value is -1.91. The molecule has 0 N–H and O–H groups in total. The van der Waals surface area contributed by atoms with Crippen molar-refractivity contribution in [3.63, 3.8) is 0 Å². The minimum Gasteiger partial charge on any atom is -0.283 e. The van der Waals surface area contributed by atoms with Crippen molar-refractivity contribution in [1.29, 1.82) is 0 Å². The van der Waals surface area contributed by atoms with Crippen LogP contribution in [0.4, 0.5) is 8.78 Å². The van der Waals surface area contributed by atoms with Gasteiger partial charge in [0.1, 0.15) is 11.6 Å². The monoisotopic (exact) mass is 324 g/mol. The van der Waals surface area contributed by atoms with Crippen LogP contribution in [-0.4, -0.2) is 9.55 Å². The van der Waals surface area contributed by atoms with Crippen LogP contribution < -0.4 is 0 Å². The summed E-state index contributed by atoms with van der Waals surface area (Å²) in [6, 6.07) is 10.4. The van der Waals surface area contributed by atoms with E-state index in [0.717, 1.165) is 0 Å². The molecule has 1 heterocycles. The molecule has 0 spiro atoms. The van der Waals surface area contributed by atoms with Gasteiger partial charge in [0.15, 0.2) is 0 Å². The Morgan fingerprint density at radius 3 is 2.14 bits per heavy atom. The van der Waals surface area contributed by atoms with Crippen molar-refractivity contribution in [3.8, 4) is 16.9 Å². The first-order valence-electron chi connectivity index (χ1n) is 6.01. The molecule has 2 aromatic carbocycles. The first kappa shape index (κ1) is 14.0. The highest BCUT2D eigenvalue weighted by Gasteiger charge is 2.18. The molecular weight excluding hydrogens is 317 g/mol. The summed E-state index contributed by atoms with van der Waals surface area (Å²) in [4.78, 5) is 3.94. The zero-order valence-electron chi connectivity index (χ0n) is 10.5. The molecule has 0 saturated heterocycles. The van der Waals surface area contributed by atoms with E-state index in [4.69, 9.17) is 23.2 Å². The number of rotatable bonds is 2. The molecule has 0 aliphatic rings. The quantitative estimate of drug-likeness (QED) is 0.639. The molecule has 0 unspecified atom stereocenters. The summed E-state index contributed by atoms with van der Waals surface area (Å²) in [5.74, 6) is -1.36. The Morgan fingerprint density at radius 1 is 0.905 bits per heavy atom. The second-order valence-corrected chi connectivity index (χ2v) is 5.10. The fourth-order valence-corrected chi connectivity index (χ4v) is 2.45. The van der Waals surface area contributed by atoms with Crippen molar-refractivity contribution in [3.05, 3.63) is 70.6 Å². The van der Waals surface area contributed by atoms with E-state index in [-0.39, 0.29) is 16.5 Å². The molecule has 2 nitrogen and oxygen atoms in total. The second-order valence-electron chi connectivity index (χ2n) is 4.32. The largest absolute Gasteiger partial charge is 0.283 e. The van der Waals surface area contributed by atoms with E-state index >= 15 is 0 Å². The Kier molecular flexibility index (Phi) is 3.66. The lowest BCUT2D eigenvalue weighted by Crippen LogP contribution is -2.00.